The Kier molecular flexibility index (Phi) is 4.13. The van der Waals surface area contributed by atoms with Crippen molar-refractivity contribution in [3.63, 3.8) is 0 Å². The van der Waals surface area contributed by atoms with E-state index in [4.69, 9.17) is 4.74 Å². The minimum atomic E-state index is -0.0267. The first-order valence-electron chi connectivity index (χ1n) is 7.18. The van der Waals surface area contributed by atoms with Crippen LogP contribution >= 0.6 is 0 Å². The van der Waals surface area contributed by atoms with Crippen molar-refractivity contribution >= 4 is 0 Å². The standard InChI is InChI=1S/C16H19N3O2/c1-13-11-15(14-5-3-2-4-6-14)17-19(16(13)20)12-18-7-9-21-10-8-18/h2-6,11H,7-10,12H2,1H3. The summed E-state index contributed by atoms with van der Waals surface area (Å²) in [6.45, 7) is 5.46. The molecule has 0 spiro atoms. The number of morpholine rings is 1. The van der Waals surface area contributed by atoms with Gasteiger partial charge in [-0.15, -0.1) is 0 Å². The third kappa shape index (κ3) is 3.20. The van der Waals surface area contributed by atoms with Gasteiger partial charge in [0.1, 0.15) is 0 Å². The molecule has 1 aliphatic rings. The molecule has 21 heavy (non-hydrogen) atoms. The number of ether oxygens (including phenoxy) is 1. The Bertz CT molecular complexity index is 661. The first-order chi connectivity index (χ1) is 10.2. The summed E-state index contributed by atoms with van der Waals surface area (Å²) in [5, 5.41) is 4.52. The lowest BCUT2D eigenvalue weighted by atomic mass is 10.1. The zero-order valence-electron chi connectivity index (χ0n) is 12.2. The second-order valence-electron chi connectivity index (χ2n) is 5.26. The molecule has 0 saturated carbocycles. The van der Waals surface area contributed by atoms with E-state index in [0.29, 0.717) is 19.9 Å². The van der Waals surface area contributed by atoms with Gasteiger partial charge in [-0.3, -0.25) is 9.69 Å². The zero-order valence-corrected chi connectivity index (χ0v) is 12.2. The molecular weight excluding hydrogens is 266 g/mol. The summed E-state index contributed by atoms with van der Waals surface area (Å²) >= 11 is 0. The predicted octanol–water partition coefficient (Wildman–Crippen LogP) is 1.51. The van der Waals surface area contributed by atoms with Gasteiger partial charge in [-0.05, 0) is 13.0 Å². The van der Waals surface area contributed by atoms with Crippen molar-refractivity contribution in [2.45, 2.75) is 13.6 Å². The molecule has 0 N–H and O–H groups in total. The van der Waals surface area contributed by atoms with Crippen LogP contribution in [0.5, 0.6) is 0 Å². The maximum Gasteiger partial charge on any atom is 0.270 e. The van der Waals surface area contributed by atoms with E-state index in [1.54, 1.807) is 4.68 Å². The second-order valence-corrected chi connectivity index (χ2v) is 5.26. The second kappa shape index (κ2) is 6.20. The molecule has 0 bridgehead atoms. The third-order valence-corrected chi connectivity index (χ3v) is 3.66. The molecule has 0 atom stereocenters. The lowest BCUT2D eigenvalue weighted by Gasteiger charge is -2.26. The third-order valence-electron chi connectivity index (χ3n) is 3.66. The van der Waals surface area contributed by atoms with Crippen molar-refractivity contribution in [3.8, 4) is 11.3 Å². The van der Waals surface area contributed by atoms with Crippen LogP contribution < -0.4 is 5.56 Å². The van der Waals surface area contributed by atoms with Crippen LogP contribution in [0.25, 0.3) is 11.3 Å². The number of hydrogen-bond acceptors (Lipinski definition) is 4. The van der Waals surface area contributed by atoms with Crippen molar-refractivity contribution in [2.24, 2.45) is 0 Å². The molecule has 0 radical (unpaired) electrons. The van der Waals surface area contributed by atoms with Crippen LogP contribution in [-0.2, 0) is 11.4 Å². The summed E-state index contributed by atoms with van der Waals surface area (Å²) in [6.07, 6.45) is 0. The number of hydrogen-bond donors (Lipinski definition) is 0. The minimum Gasteiger partial charge on any atom is -0.379 e. The molecule has 2 aromatic rings. The molecular formula is C16H19N3O2. The summed E-state index contributed by atoms with van der Waals surface area (Å²) < 4.78 is 6.89. The molecule has 3 rings (SSSR count). The van der Waals surface area contributed by atoms with E-state index in [9.17, 15) is 4.79 Å². The summed E-state index contributed by atoms with van der Waals surface area (Å²) in [6, 6.07) is 11.8. The lowest BCUT2D eigenvalue weighted by Crippen LogP contribution is -2.41. The van der Waals surface area contributed by atoms with E-state index in [1.807, 2.05) is 43.3 Å². The molecule has 5 nitrogen and oxygen atoms in total. The molecule has 1 fully saturated rings. The van der Waals surface area contributed by atoms with Crippen LogP contribution in [0.3, 0.4) is 0 Å². The van der Waals surface area contributed by atoms with Crippen molar-refractivity contribution in [2.75, 3.05) is 26.3 Å². The highest BCUT2D eigenvalue weighted by molar-refractivity contribution is 5.58. The SMILES string of the molecule is Cc1cc(-c2ccccc2)nn(CN2CCOCC2)c1=O. The molecule has 1 aliphatic heterocycles. The number of aryl methyl sites for hydroxylation is 1. The highest BCUT2D eigenvalue weighted by Gasteiger charge is 2.13. The molecule has 0 unspecified atom stereocenters. The van der Waals surface area contributed by atoms with E-state index in [2.05, 4.69) is 10.00 Å². The fraction of sp³-hybridized carbons (Fsp3) is 0.375. The van der Waals surface area contributed by atoms with Gasteiger partial charge in [0, 0.05) is 24.2 Å². The van der Waals surface area contributed by atoms with Crippen LogP contribution in [0.1, 0.15) is 5.56 Å². The number of nitrogens with zero attached hydrogens (tertiary/aromatic N) is 3. The number of benzene rings is 1. The lowest BCUT2D eigenvalue weighted by molar-refractivity contribution is 0.0204. The van der Waals surface area contributed by atoms with Gasteiger partial charge in [0.05, 0.1) is 25.6 Å². The fourth-order valence-corrected chi connectivity index (χ4v) is 2.45. The molecule has 1 aromatic carbocycles. The summed E-state index contributed by atoms with van der Waals surface area (Å²) in [5.41, 5.74) is 2.55. The first-order valence-corrected chi connectivity index (χ1v) is 7.18. The van der Waals surface area contributed by atoms with Gasteiger partial charge >= 0.3 is 0 Å². The monoisotopic (exact) mass is 285 g/mol. The van der Waals surface area contributed by atoms with Crippen molar-refractivity contribution in [1.29, 1.82) is 0 Å². The van der Waals surface area contributed by atoms with E-state index in [0.717, 1.165) is 29.9 Å². The maximum atomic E-state index is 12.3. The topological polar surface area (TPSA) is 47.4 Å². The smallest absolute Gasteiger partial charge is 0.270 e. The highest BCUT2D eigenvalue weighted by atomic mass is 16.5. The normalized spacial score (nSPS) is 16.0. The van der Waals surface area contributed by atoms with Crippen LogP contribution in [0.15, 0.2) is 41.2 Å². The van der Waals surface area contributed by atoms with Crippen LogP contribution in [0, 0.1) is 6.92 Å². The van der Waals surface area contributed by atoms with E-state index in [1.165, 1.54) is 0 Å². The van der Waals surface area contributed by atoms with E-state index >= 15 is 0 Å². The Hall–Kier alpha value is -1.98. The minimum absolute atomic E-state index is 0.0267. The summed E-state index contributed by atoms with van der Waals surface area (Å²) in [7, 11) is 0. The average molecular weight is 285 g/mol. The molecule has 0 amide bonds. The van der Waals surface area contributed by atoms with E-state index < -0.39 is 0 Å². The van der Waals surface area contributed by atoms with Crippen LogP contribution in [0.2, 0.25) is 0 Å². The van der Waals surface area contributed by atoms with Gasteiger partial charge in [-0.1, -0.05) is 30.3 Å². The highest BCUT2D eigenvalue weighted by Crippen LogP contribution is 2.15. The molecule has 1 saturated heterocycles. The largest absolute Gasteiger partial charge is 0.379 e. The quantitative estimate of drug-likeness (QED) is 0.857. The molecule has 1 aromatic heterocycles. The Morgan fingerprint density at radius 3 is 2.62 bits per heavy atom. The van der Waals surface area contributed by atoms with Gasteiger partial charge in [-0.25, -0.2) is 4.68 Å². The van der Waals surface area contributed by atoms with Crippen LogP contribution in [0.4, 0.5) is 0 Å². The Morgan fingerprint density at radius 2 is 1.90 bits per heavy atom. The zero-order chi connectivity index (χ0) is 14.7. The summed E-state index contributed by atoms with van der Waals surface area (Å²) in [4.78, 5) is 14.5. The fourth-order valence-electron chi connectivity index (χ4n) is 2.45. The van der Waals surface area contributed by atoms with Gasteiger partial charge in [-0.2, -0.15) is 5.10 Å². The maximum absolute atomic E-state index is 12.3. The predicted molar refractivity (Wildman–Crippen MR) is 81.1 cm³/mol. The first kappa shape index (κ1) is 14.0. The van der Waals surface area contributed by atoms with Crippen molar-refractivity contribution < 1.29 is 4.74 Å². The number of aromatic nitrogens is 2. The Morgan fingerprint density at radius 1 is 1.19 bits per heavy atom. The van der Waals surface area contributed by atoms with Crippen molar-refractivity contribution in [1.82, 2.24) is 14.7 Å². The molecule has 0 aliphatic carbocycles. The van der Waals surface area contributed by atoms with Crippen molar-refractivity contribution in [3.05, 3.63) is 52.3 Å². The van der Waals surface area contributed by atoms with Crippen LogP contribution in [-0.4, -0.2) is 41.0 Å². The van der Waals surface area contributed by atoms with E-state index in [-0.39, 0.29) is 5.56 Å². The number of rotatable bonds is 3. The molecule has 2 heterocycles. The molecule has 110 valence electrons. The Labute approximate surface area is 123 Å². The average Bonchev–Trinajstić information content (AvgIpc) is 2.53. The van der Waals surface area contributed by atoms with Gasteiger partial charge in [0.2, 0.25) is 0 Å². The van der Waals surface area contributed by atoms with Gasteiger partial charge < -0.3 is 4.74 Å². The summed E-state index contributed by atoms with van der Waals surface area (Å²) in [5.74, 6) is 0. The molecule has 5 heteroatoms. The van der Waals surface area contributed by atoms with Gasteiger partial charge in [0.25, 0.3) is 5.56 Å². The van der Waals surface area contributed by atoms with Gasteiger partial charge in [0.15, 0.2) is 0 Å². The Balaban J connectivity index is 1.92.